The molecule has 1 aliphatic heterocycles. The Kier molecular flexibility index (Phi) is 3.25. The molecule has 0 N–H and O–H groups in total. The zero-order valence-electron chi connectivity index (χ0n) is 10.7. The Bertz CT molecular complexity index is 633. The SMILES string of the molecule is O=C(CN1C(=O)CCOc2ccccc21)c1ccco1. The van der Waals surface area contributed by atoms with Gasteiger partial charge in [-0.1, -0.05) is 12.1 Å². The Hall–Kier alpha value is -2.56. The highest BCUT2D eigenvalue weighted by Crippen LogP contribution is 2.31. The topological polar surface area (TPSA) is 59.8 Å². The molecule has 0 spiro atoms. The molecule has 102 valence electrons. The Balaban J connectivity index is 1.90. The lowest BCUT2D eigenvalue weighted by Crippen LogP contribution is -2.35. The molecule has 0 atom stereocenters. The first-order chi connectivity index (χ1) is 9.75. The van der Waals surface area contributed by atoms with E-state index in [0.717, 1.165) is 0 Å². The van der Waals surface area contributed by atoms with Crippen LogP contribution in [0.4, 0.5) is 5.69 Å². The van der Waals surface area contributed by atoms with Crippen molar-refractivity contribution in [3.05, 3.63) is 48.4 Å². The molecule has 0 fully saturated rings. The van der Waals surface area contributed by atoms with E-state index in [1.165, 1.54) is 11.2 Å². The van der Waals surface area contributed by atoms with Crippen molar-refractivity contribution in [1.82, 2.24) is 0 Å². The van der Waals surface area contributed by atoms with Gasteiger partial charge in [-0.05, 0) is 24.3 Å². The van der Waals surface area contributed by atoms with Crippen LogP contribution in [0, 0.1) is 0 Å². The molecular weight excluding hydrogens is 258 g/mol. The summed E-state index contributed by atoms with van der Waals surface area (Å²) in [6, 6.07) is 10.4. The Labute approximate surface area is 115 Å². The van der Waals surface area contributed by atoms with Crippen molar-refractivity contribution < 1.29 is 18.7 Å². The van der Waals surface area contributed by atoms with E-state index in [1.54, 1.807) is 24.3 Å². The fraction of sp³-hybridized carbons (Fsp3) is 0.200. The molecule has 0 bridgehead atoms. The summed E-state index contributed by atoms with van der Waals surface area (Å²) < 4.78 is 10.6. The van der Waals surface area contributed by atoms with E-state index < -0.39 is 0 Å². The molecular formula is C15H13NO4. The first-order valence-electron chi connectivity index (χ1n) is 6.34. The van der Waals surface area contributed by atoms with Gasteiger partial charge >= 0.3 is 0 Å². The van der Waals surface area contributed by atoms with Crippen molar-refractivity contribution in [2.45, 2.75) is 6.42 Å². The lowest BCUT2D eigenvalue weighted by atomic mass is 10.2. The maximum Gasteiger partial charge on any atom is 0.230 e. The summed E-state index contributed by atoms with van der Waals surface area (Å²) in [5.41, 5.74) is 0.620. The van der Waals surface area contributed by atoms with Gasteiger partial charge in [-0.15, -0.1) is 0 Å². The number of ether oxygens (including phenoxy) is 1. The molecule has 2 aromatic rings. The number of Topliss-reactive ketones (excluding diaryl/α,β-unsaturated/α-hetero) is 1. The van der Waals surface area contributed by atoms with E-state index in [9.17, 15) is 9.59 Å². The molecule has 1 aliphatic rings. The molecule has 1 amide bonds. The molecule has 5 nitrogen and oxygen atoms in total. The second kappa shape index (κ2) is 5.21. The van der Waals surface area contributed by atoms with Crippen LogP contribution in [0.15, 0.2) is 47.1 Å². The van der Waals surface area contributed by atoms with Gasteiger partial charge in [0.1, 0.15) is 5.75 Å². The standard InChI is InChI=1S/C15H13NO4/c17-12(14-6-3-8-19-14)10-16-11-4-1-2-5-13(11)20-9-7-15(16)18/h1-6,8H,7,9-10H2. The third kappa shape index (κ3) is 2.30. The van der Waals surface area contributed by atoms with Gasteiger partial charge in [-0.2, -0.15) is 0 Å². The number of hydrogen-bond acceptors (Lipinski definition) is 4. The van der Waals surface area contributed by atoms with Crippen molar-refractivity contribution in [2.24, 2.45) is 0 Å². The molecule has 3 rings (SSSR count). The Morgan fingerprint density at radius 3 is 2.85 bits per heavy atom. The van der Waals surface area contributed by atoms with Gasteiger partial charge in [-0.25, -0.2) is 0 Å². The minimum Gasteiger partial charge on any atom is -0.491 e. The van der Waals surface area contributed by atoms with Crippen LogP contribution in [0.1, 0.15) is 17.0 Å². The summed E-state index contributed by atoms with van der Waals surface area (Å²) in [6.45, 7) is 0.272. The number of hydrogen-bond donors (Lipinski definition) is 0. The van der Waals surface area contributed by atoms with E-state index >= 15 is 0 Å². The van der Waals surface area contributed by atoms with Crippen LogP contribution in [-0.2, 0) is 4.79 Å². The number of furan rings is 1. The number of benzene rings is 1. The van der Waals surface area contributed by atoms with Gasteiger partial charge in [0.15, 0.2) is 5.76 Å². The first-order valence-corrected chi connectivity index (χ1v) is 6.34. The molecule has 2 heterocycles. The van der Waals surface area contributed by atoms with Gasteiger partial charge in [0.2, 0.25) is 11.7 Å². The normalized spacial score (nSPS) is 14.4. The van der Waals surface area contributed by atoms with Gasteiger partial charge in [-0.3, -0.25) is 9.59 Å². The van der Waals surface area contributed by atoms with Crippen molar-refractivity contribution in [3.8, 4) is 5.75 Å². The summed E-state index contributed by atoms with van der Waals surface area (Å²) in [6.07, 6.45) is 1.69. The zero-order chi connectivity index (χ0) is 13.9. The summed E-state index contributed by atoms with van der Waals surface area (Å²) in [4.78, 5) is 25.7. The number of amides is 1. The third-order valence-electron chi connectivity index (χ3n) is 3.13. The molecule has 0 unspecified atom stereocenters. The summed E-state index contributed by atoms with van der Waals surface area (Å²) >= 11 is 0. The Morgan fingerprint density at radius 2 is 2.05 bits per heavy atom. The van der Waals surface area contributed by atoms with Crippen LogP contribution >= 0.6 is 0 Å². The highest BCUT2D eigenvalue weighted by Gasteiger charge is 2.26. The number of rotatable bonds is 3. The highest BCUT2D eigenvalue weighted by atomic mass is 16.5. The second-order valence-corrected chi connectivity index (χ2v) is 4.45. The van der Waals surface area contributed by atoms with Gasteiger partial charge < -0.3 is 14.1 Å². The number of anilines is 1. The maximum absolute atomic E-state index is 12.1. The number of carbonyl (C=O) groups is 2. The predicted molar refractivity (Wildman–Crippen MR) is 71.9 cm³/mol. The fourth-order valence-electron chi connectivity index (χ4n) is 2.15. The predicted octanol–water partition coefficient (Wildman–Crippen LogP) is 2.28. The molecule has 20 heavy (non-hydrogen) atoms. The van der Waals surface area contributed by atoms with Gasteiger partial charge in [0.05, 0.1) is 31.5 Å². The average Bonchev–Trinajstić information content (AvgIpc) is 2.94. The maximum atomic E-state index is 12.1. The molecule has 0 aliphatic carbocycles. The van der Waals surface area contributed by atoms with Crippen LogP contribution in [-0.4, -0.2) is 24.8 Å². The molecule has 1 aromatic carbocycles. The van der Waals surface area contributed by atoms with E-state index in [2.05, 4.69) is 0 Å². The number of para-hydroxylation sites is 2. The number of fused-ring (bicyclic) bond motifs is 1. The number of carbonyl (C=O) groups excluding carboxylic acids is 2. The summed E-state index contributed by atoms with van der Waals surface area (Å²) in [7, 11) is 0. The molecule has 0 saturated carbocycles. The van der Waals surface area contributed by atoms with E-state index in [1.807, 2.05) is 12.1 Å². The van der Waals surface area contributed by atoms with Gasteiger partial charge in [0, 0.05) is 0 Å². The van der Waals surface area contributed by atoms with E-state index in [0.29, 0.717) is 18.0 Å². The van der Waals surface area contributed by atoms with Crippen LogP contribution in [0.2, 0.25) is 0 Å². The minimum atomic E-state index is -0.236. The lowest BCUT2D eigenvalue weighted by molar-refractivity contribution is -0.118. The first kappa shape index (κ1) is 12.5. The molecule has 0 radical (unpaired) electrons. The van der Waals surface area contributed by atoms with E-state index in [4.69, 9.17) is 9.15 Å². The molecule has 0 saturated heterocycles. The fourth-order valence-corrected chi connectivity index (χ4v) is 2.15. The lowest BCUT2D eigenvalue weighted by Gasteiger charge is -2.20. The van der Waals surface area contributed by atoms with Gasteiger partial charge in [0.25, 0.3) is 0 Å². The van der Waals surface area contributed by atoms with Crippen LogP contribution in [0.5, 0.6) is 5.75 Å². The highest BCUT2D eigenvalue weighted by molar-refractivity contribution is 6.05. The molecule has 1 aromatic heterocycles. The number of ketones is 1. The van der Waals surface area contributed by atoms with Crippen molar-refractivity contribution in [3.63, 3.8) is 0 Å². The summed E-state index contributed by atoms with van der Waals surface area (Å²) in [5.74, 6) is 0.501. The zero-order valence-corrected chi connectivity index (χ0v) is 10.7. The monoisotopic (exact) mass is 271 g/mol. The smallest absolute Gasteiger partial charge is 0.230 e. The molecule has 5 heteroatoms. The number of nitrogens with zero attached hydrogens (tertiary/aromatic N) is 1. The average molecular weight is 271 g/mol. The van der Waals surface area contributed by atoms with Crippen LogP contribution < -0.4 is 9.64 Å². The van der Waals surface area contributed by atoms with Crippen LogP contribution in [0.25, 0.3) is 0 Å². The van der Waals surface area contributed by atoms with E-state index in [-0.39, 0.29) is 30.4 Å². The third-order valence-corrected chi connectivity index (χ3v) is 3.13. The Morgan fingerprint density at radius 1 is 1.20 bits per heavy atom. The summed E-state index contributed by atoms with van der Waals surface area (Å²) in [5, 5.41) is 0. The van der Waals surface area contributed by atoms with Crippen LogP contribution in [0.3, 0.4) is 0 Å². The minimum absolute atomic E-state index is 0.0489. The quantitative estimate of drug-likeness (QED) is 0.803. The van der Waals surface area contributed by atoms with Crippen molar-refractivity contribution in [2.75, 3.05) is 18.1 Å². The second-order valence-electron chi connectivity index (χ2n) is 4.45. The largest absolute Gasteiger partial charge is 0.491 e. The van der Waals surface area contributed by atoms with Crippen molar-refractivity contribution in [1.29, 1.82) is 0 Å². The van der Waals surface area contributed by atoms with Crippen molar-refractivity contribution >= 4 is 17.4 Å².